The van der Waals surface area contributed by atoms with E-state index in [2.05, 4.69) is 9.84 Å². The lowest BCUT2D eigenvalue weighted by Crippen LogP contribution is -2.38. The second-order valence-electron chi connectivity index (χ2n) is 7.62. The van der Waals surface area contributed by atoms with Crippen molar-refractivity contribution in [2.24, 2.45) is 4.99 Å². The maximum absolute atomic E-state index is 13.9. The van der Waals surface area contributed by atoms with Gasteiger partial charge in [-0.3, -0.25) is 4.99 Å². The fraction of sp³-hybridized carbons (Fsp3) is 0.292. The third-order valence-corrected chi connectivity index (χ3v) is 6.62. The minimum Gasteiger partial charge on any atom is -0.381 e. The van der Waals surface area contributed by atoms with E-state index in [0.29, 0.717) is 26.1 Å². The summed E-state index contributed by atoms with van der Waals surface area (Å²) in [7, 11) is 0. The van der Waals surface area contributed by atoms with Gasteiger partial charge in [-0.2, -0.15) is 13.2 Å². The highest BCUT2D eigenvalue weighted by molar-refractivity contribution is 7.10. The zero-order chi connectivity index (χ0) is 22.6. The van der Waals surface area contributed by atoms with E-state index in [0.717, 1.165) is 16.3 Å². The molecule has 2 heterocycles. The smallest absolute Gasteiger partial charge is 0.381 e. The molecule has 1 fully saturated rings. The first-order valence-electron chi connectivity index (χ1n) is 10.1. The van der Waals surface area contributed by atoms with E-state index in [-0.39, 0.29) is 17.8 Å². The maximum atomic E-state index is 13.9. The quantitative estimate of drug-likeness (QED) is 0.327. The van der Waals surface area contributed by atoms with Crippen LogP contribution >= 0.6 is 11.3 Å². The second kappa shape index (κ2) is 9.23. The lowest BCUT2D eigenvalue weighted by molar-refractivity contribution is -0.0584. The van der Waals surface area contributed by atoms with Gasteiger partial charge in [-0.25, -0.2) is 9.83 Å². The molecule has 0 amide bonds. The molecule has 1 aromatic heterocycles. The highest BCUT2D eigenvalue weighted by Crippen LogP contribution is 2.39. The Morgan fingerprint density at radius 1 is 1.12 bits per heavy atom. The van der Waals surface area contributed by atoms with E-state index < -0.39 is 17.3 Å². The Bertz CT molecular complexity index is 1140. The van der Waals surface area contributed by atoms with Crippen LogP contribution in [0.3, 0.4) is 0 Å². The minimum atomic E-state index is -4.63. The predicted molar refractivity (Wildman–Crippen MR) is 119 cm³/mol. The Morgan fingerprint density at radius 3 is 2.56 bits per heavy atom. The van der Waals surface area contributed by atoms with E-state index in [1.807, 2.05) is 35.7 Å². The number of aromatic nitrogens is 1. The summed E-state index contributed by atoms with van der Waals surface area (Å²) in [6.45, 7) is 7.95. The average Bonchev–Trinajstić information content (AvgIpc) is 3.31. The largest absolute Gasteiger partial charge is 0.433 e. The molecule has 2 aromatic carbocycles. The lowest BCUT2D eigenvalue weighted by Gasteiger charge is -2.34. The molecule has 0 atom stereocenters. The first-order chi connectivity index (χ1) is 15.4. The molecule has 0 N–H and O–H groups in total. The number of aliphatic imine (C=N–C) groups is 1. The van der Waals surface area contributed by atoms with Crippen molar-refractivity contribution < 1.29 is 17.9 Å². The van der Waals surface area contributed by atoms with Crippen LogP contribution in [0.4, 0.5) is 18.9 Å². The standard InChI is InChI=1S/C24H20F3N3OS/c1-28-19-9-5-8-18(14-19)21(24(25,26)27)29-16-23(10-12-31-13-11-23)22-30-20(15-32-22)17-6-3-2-4-7-17/h2-9,14-15H,10-13,16H2. The highest BCUT2D eigenvalue weighted by atomic mass is 32.1. The van der Waals surface area contributed by atoms with E-state index in [1.54, 1.807) is 0 Å². The number of hydrogen-bond donors (Lipinski definition) is 0. The monoisotopic (exact) mass is 455 g/mol. The maximum Gasteiger partial charge on any atom is 0.433 e. The molecule has 0 saturated carbocycles. The highest BCUT2D eigenvalue weighted by Gasteiger charge is 2.41. The molecule has 164 valence electrons. The van der Waals surface area contributed by atoms with Gasteiger partial charge < -0.3 is 4.74 Å². The number of ether oxygens (including phenoxy) is 1. The third-order valence-electron chi connectivity index (χ3n) is 5.53. The Balaban J connectivity index is 1.71. The Hall–Kier alpha value is -3.02. The van der Waals surface area contributed by atoms with Gasteiger partial charge in [0.2, 0.25) is 0 Å². The van der Waals surface area contributed by atoms with Gasteiger partial charge in [0.25, 0.3) is 0 Å². The molecule has 1 aliphatic rings. The molecule has 1 saturated heterocycles. The molecule has 32 heavy (non-hydrogen) atoms. The predicted octanol–water partition coefficient (Wildman–Crippen LogP) is 6.46. The van der Waals surface area contributed by atoms with Crippen LogP contribution in [0, 0.1) is 6.57 Å². The number of nitrogens with zero attached hydrogens (tertiary/aromatic N) is 3. The summed E-state index contributed by atoms with van der Waals surface area (Å²) in [5, 5.41) is 2.72. The number of alkyl halides is 3. The van der Waals surface area contributed by atoms with Crippen LogP contribution in [0.25, 0.3) is 16.1 Å². The van der Waals surface area contributed by atoms with Crippen LogP contribution in [0.2, 0.25) is 0 Å². The van der Waals surface area contributed by atoms with Crippen molar-refractivity contribution in [1.29, 1.82) is 0 Å². The molecule has 0 unspecified atom stereocenters. The summed E-state index contributed by atoms with van der Waals surface area (Å²) in [6.07, 6.45) is -3.54. The molecule has 8 heteroatoms. The SMILES string of the molecule is [C-]#[N+]c1cccc(C(=NCC2(c3nc(-c4ccccc4)cs3)CCOCC2)C(F)(F)F)c1. The van der Waals surface area contributed by atoms with Crippen molar-refractivity contribution >= 4 is 22.7 Å². The molecule has 3 aromatic rings. The normalized spacial score (nSPS) is 16.5. The number of halogens is 3. The van der Waals surface area contributed by atoms with E-state index >= 15 is 0 Å². The molecule has 4 nitrogen and oxygen atoms in total. The summed E-state index contributed by atoms with van der Waals surface area (Å²) in [5.74, 6) is 0. The van der Waals surface area contributed by atoms with Gasteiger partial charge in [0, 0.05) is 29.6 Å². The number of thiazole rings is 1. The molecule has 0 spiro atoms. The van der Waals surface area contributed by atoms with Crippen LogP contribution in [-0.4, -0.2) is 36.6 Å². The van der Waals surface area contributed by atoms with Gasteiger partial charge in [0.1, 0.15) is 10.7 Å². The van der Waals surface area contributed by atoms with Crippen molar-refractivity contribution in [1.82, 2.24) is 4.98 Å². The van der Waals surface area contributed by atoms with Crippen LogP contribution in [0.5, 0.6) is 0 Å². The Kier molecular flexibility index (Phi) is 6.40. The van der Waals surface area contributed by atoms with Crippen LogP contribution in [0.1, 0.15) is 23.4 Å². The zero-order valence-corrected chi connectivity index (χ0v) is 17.9. The third kappa shape index (κ3) is 4.74. The summed E-state index contributed by atoms with van der Waals surface area (Å²) in [6, 6.07) is 15.2. The summed E-state index contributed by atoms with van der Waals surface area (Å²) >= 11 is 1.45. The van der Waals surface area contributed by atoms with Gasteiger partial charge in [-0.15, -0.1) is 11.3 Å². The molecule has 4 rings (SSSR count). The van der Waals surface area contributed by atoms with E-state index in [9.17, 15) is 13.2 Å². The van der Waals surface area contributed by atoms with Crippen molar-refractivity contribution in [3.8, 4) is 11.3 Å². The van der Waals surface area contributed by atoms with Gasteiger partial charge in [-0.05, 0) is 24.5 Å². The van der Waals surface area contributed by atoms with Crippen molar-refractivity contribution in [2.75, 3.05) is 19.8 Å². The Labute approximate surface area is 188 Å². The summed E-state index contributed by atoms with van der Waals surface area (Å²) in [5.41, 5.74) is 0.233. The fourth-order valence-electron chi connectivity index (χ4n) is 3.76. The molecular formula is C24H20F3N3OS. The van der Waals surface area contributed by atoms with E-state index in [4.69, 9.17) is 16.3 Å². The zero-order valence-electron chi connectivity index (χ0n) is 17.1. The van der Waals surface area contributed by atoms with Crippen LogP contribution in [-0.2, 0) is 10.2 Å². The molecular weight excluding hydrogens is 435 g/mol. The number of benzene rings is 2. The van der Waals surface area contributed by atoms with Gasteiger partial charge in [0.15, 0.2) is 5.69 Å². The van der Waals surface area contributed by atoms with E-state index in [1.165, 1.54) is 35.6 Å². The van der Waals surface area contributed by atoms with Crippen molar-refractivity contribution in [3.63, 3.8) is 0 Å². The fourth-order valence-corrected chi connectivity index (χ4v) is 4.84. The number of hydrogen-bond acceptors (Lipinski definition) is 4. The van der Waals surface area contributed by atoms with Crippen molar-refractivity contribution in [3.05, 3.63) is 82.0 Å². The van der Waals surface area contributed by atoms with Gasteiger partial charge in [-0.1, -0.05) is 48.5 Å². The first kappa shape index (κ1) is 22.2. The summed E-state index contributed by atoms with van der Waals surface area (Å²) < 4.78 is 47.2. The lowest BCUT2D eigenvalue weighted by atomic mass is 9.80. The van der Waals surface area contributed by atoms with Gasteiger partial charge in [0.05, 0.1) is 18.8 Å². The van der Waals surface area contributed by atoms with Crippen LogP contribution in [0.15, 0.2) is 65.0 Å². The van der Waals surface area contributed by atoms with Gasteiger partial charge >= 0.3 is 6.18 Å². The average molecular weight is 456 g/mol. The Morgan fingerprint density at radius 2 is 1.88 bits per heavy atom. The summed E-state index contributed by atoms with van der Waals surface area (Å²) in [4.78, 5) is 12.1. The molecule has 0 radical (unpaired) electrons. The molecule has 1 aliphatic heterocycles. The topological polar surface area (TPSA) is 38.8 Å². The van der Waals surface area contributed by atoms with Crippen molar-refractivity contribution in [2.45, 2.75) is 24.4 Å². The minimum absolute atomic E-state index is 0.0464. The second-order valence-corrected chi connectivity index (χ2v) is 8.48. The first-order valence-corrected chi connectivity index (χ1v) is 11.0. The molecule has 0 aliphatic carbocycles. The molecule has 0 bridgehead atoms. The number of rotatable bonds is 5. The van der Waals surface area contributed by atoms with Crippen LogP contribution < -0.4 is 0 Å².